The Morgan fingerprint density at radius 3 is 2.74 bits per heavy atom. The van der Waals surface area contributed by atoms with Gasteiger partial charge in [0.15, 0.2) is 5.76 Å². The number of aromatic nitrogens is 1. The highest BCUT2D eigenvalue weighted by Gasteiger charge is 2.39. The third-order valence-electron chi connectivity index (χ3n) is 4.15. The second-order valence-corrected chi connectivity index (χ2v) is 6.00. The average molecular weight is 314 g/mol. The number of para-hydroxylation sites is 1. The maximum absolute atomic E-state index is 9.06. The van der Waals surface area contributed by atoms with Crippen LogP contribution in [0.1, 0.15) is 17.2 Å². The van der Waals surface area contributed by atoms with Crippen LogP contribution in [0, 0.1) is 0 Å². The van der Waals surface area contributed by atoms with Gasteiger partial charge in [-0.3, -0.25) is 5.32 Å². The van der Waals surface area contributed by atoms with E-state index in [0.29, 0.717) is 31.9 Å². The molecule has 2 N–H and O–H groups in total. The highest BCUT2D eigenvalue weighted by Crippen LogP contribution is 2.24. The average Bonchev–Trinajstić information content (AvgIpc) is 3.15. The van der Waals surface area contributed by atoms with Crippen molar-refractivity contribution in [3.63, 3.8) is 0 Å². The summed E-state index contributed by atoms with van der Waals surface area (Å²) >= 11 is 0. The van der Waals surface area contributed by atoms with Gasteiger partial charge < -0.3 is 18.8 Å². The van der Waals surface area contributed by atoms with Crippen LogP contribution >= 0.6 is 0 Å². The van der Waals surface area contributed by atoms with Crippen molar-refractivity contribution in [2.45, 2.75) is 25.1 Å². The summed E-state index contributed by atoms with van der Waals surface area (Å²) in [6.45, 7) is 1.73. The number of aliphatic hydroxyl groups is 1. The first-order valence-corrected chi connectivity index (χ1v) is 7.62. The Morgan fingerprint density at radius 2 is 2.04 bits per heavy atom. The second kappa shape index (κ2) is 5.81. The van der Waals surface area contributed by atoms with Gasteiger partial charge in [0.2, 0.25) is 0 Å². The number of fused-ring (bicyclic) bond motifs is 1. The Balaban J connectivity index is 1.45. The predicted molar refractivity (Wildman–Crippen MR) is 82.7 cm³/mol. The van der Waals surface area contributed by atoms with Gasteiger partial charge in [0.25, 0.3) is 0 Å². The van der Waals surface area contributed by atoms with Crippen LogP contribution in [0.15, 0.2) is 45.3 Å². The molecular formula is C17H18N2O4. The molecule has 0 unspecified atom stereocenters. The fourth-order valence-electron chi connectivity index (χ4n) is 2.87. The minimum absolute atomic E-state index is 0.136. The van der Waals surface area contributed by atoms with Crippen LogP contribution in [-0.2, 0) is 24.3 Å². The summed E-state index contributed by atoms with van der Waals surface area (Å²) in [6, 6.07) is 11.8. The number of furan rings is 1. The van der Waals surface area contributed by atoms with Crippen LogP contribution in [0.2, 0.25) is 0 Å². The number of rotatable bonds is 6. The molecule has 1 aromatic carbocycles. The van der Waals surface area contributed by atoms with Crippen molar-refractivity contribution in [3.05, 3.63) is 53.6 Å². The van der Waals surface area contributed by atoms with E-state index in [9.17, 15) is 0 Å². The van der Waals surface area contributed by atoms with E-state index in [0.717, 1.165) is 22.4 Å². The SMILES string of the molecule is OCc1cc(CC2(NCc3cc4ccccc4o3)COC2)no1. The van der Waals surface area contributed by atoms with E-state index in [4.69, 9.17) is 18.8 Å². The summed E-state index contributed by atoms with van der Waals surface area (Å²) in [6.07, 6.45) is 0.691. The van der Waals surface area contributed by atoms with Gasteiger partial charge in [-0.05, 0) is 12.1 Å². The summed E-state index contributed by atoms with van der Waals surface area (Å²) in [4.78, 5) is 0. The third-order valence-corrected chi connectivity index (χ3v) is 4.15. The van der Waals surface area contributed by atoms with Crippen LogP contribution in [0.3, 0.4) is 0 Å². The molecule has 0 spiro atoms. The molecule has 3 heterocycles. The zero-order valence-corrected chi connectivity index (χ0v) is 12.6. The molecule has 0 aliphatic carbocycles. The van der Waals surface area contributed by atoms with Crippen LogP contribution < -0.4 is 5.32 Å². The molecule has 0 bridgehead atoms. The number of nitrogens with one attached hydrogen (secondary N) is 1. The van der Waals surface area contributed by atoms with Crippen LogP contribution in [0.25, 0.3) is 11.0 Å². The summed E-state index contributed by atoms with van der Waals surface area (Å²) in [7, 11) is 0. The van der Waals surface area contributed by atoms with E-state index in [1.54, 1.807) is 6.07 Å². The normalized spacial score (nSPS) is 16.6. The minimum Gasteiger partial charge on any atom is -0.460 e. The number of nitrogens with zero attached hydrogens (tertiary/aromatic N) is 1. The van der Waals surface area contributed by atoms with Crippen LogP contribution in [-0.4, -0.2) is 29.0 Å². The zero-order valence-electron chi connectivity index (χ0n) is 12.6. The van der Waals surface area contributed by atoms with Gasteiger partial charge in [-0.15, -0.1) is 0 Å². The number of hydrogen-bond donors (Lipinski definition) is 2. The standard InChI is InChI=1S/C17H18N2O4/c20-9-15-6-13(19-23-15)7-17(10-21-11-17)18-8-14-5-12-3-1-2-4-16(12)22-14/h1-6,18,20H,7-11H2. The lowest BCUT2D eigenvalue weighted by Gasteiger charge is -2.41. The van der Waals surface area contributed by atoms with Crippen molar-refractivity contribution in [2.24, 2.45) is 0 Å². The molecule has 23 heavy (non-hydrogen) atoms. The van der Waals surface area contributed by atoms with Crippen LogP contribution in [0.4, 0.5) is 0 Å². The third kappa shape index (κ3) is 2.88. The van der Waals surface area contributed by atoms with E-state index in [2.05, 4.69) is 16.5 Å². The molecule has 6 heteroatoms. The van der Waals surface area contributed by atoms with E-state index >= 15 is 0 Å². The molecule has 0 radical (unpaired) electrons. The molecule has 120 valence electrons. The fourth-order valence-corrected chi connectivity index (χ4v) is 2.87. The highest BCUT2D eigenvalue weighted by molar-refractivity contribution is 5.77. The Hall–Kier alpha value is -2.15. The smallest absolute Gasteiger partial charge is 0.162 e. The van der Waals surface area contributed by atoms with Crippen molar-refractivity contribution >= 4 is 11.0 Å². The molecule has 1 aliphatic heterocycles. The largest absolute Gasteiger partial charge is 0.460 e. The lowest BCUT2D eigenvalue weighted by Crippen LogP contribution is -2.61. The second-order valence-electron chi connectivity index (χ2n) is 6.00. The quantitative estimate of drug-likeness (QED) is 0.724. The van der Waals surface area contributed by atoms with Crippen molar-refractivity contribution in [1.29, 1.82) is 0 Å². The number of benzene rings is 1. The molecule has 2 aromatic heterocycles. The Bertz CT molecular complexity index is 771. The van der Waals surface area contributed by atoms with E-state index in [-0.39, 0.29) is 12.1 Å². The van der Waals surface area contributed by atoms with E-state index < -0.39 is 0 Å². The van der Waals surface area contributed by atoms with E-state index in [1.807, 2.05) is 24.3 Å². The van der Waals surface area contributed by atoms with Gasteiger partial charge in [0, 0.05) is 17.9 Å². The lowest BCUT2D eigenvalue weighted by molar-refractivity contribution is -0.0761. The number of hydrogen-bond acceptors (Lipinski definition) is 6. The van der Waals surface area contributed by atoms with Crippen molar-refractivity contribution in [2.75, 3.05) is 13.2 Å². The fraction of sp³-hybridized carbons (Fsp3) is 0.353. The summed E-state index contributed by atoms with van der Waals surface area (Å²) in [5, 5.41) is 17.7. The molecule has 0 amide bonds. The van der Waals surface area contributed by atoms with Gasteiger partial charge in [0.1, 0.15) is 18.0 Å². The molecule has 1 aliphatic rings. The topological polar surface area (TPSA) is 80.7 Å². The first-order chi connectivity index (χ1) is 11.3. The zero-order chi connectivity index (χ0) is 15.7. The Morgan fingerprint density at radius 1 is 1.17 bits per heavy atom. The predicted octanol–water partition coefficient (Wildman–Crippen LogP) is 2.01. The van der Waals surface area contributed by atoms with E-state index in [1.165, 1.54) is 0 Å². The minimum atomic E-state index is -0.164. The molecular weight excluding hydrogens is 296 g/mol. The van der Waals surface area contributed by atoms with Gasteiger partial charge in [-0.2, -0.15) is 0 Å². The molecule has 3 aromatic rings. The van der Waals surface area contributed by atoms with Crippen molar-refractivity contribution in [3.8, 4) is 0 Å². The maximum Gasteiger partial charge on any atom is 0.162 e. The summed E-state index contributed by atoms with van der Waals surface area (Å²) in [5.41, 5.74) is 1.55. The molecule has 4 rings (SSSR count). The highest BCUT2D eigenvalue weighted by atomic mass is 16.5. The van der Waals surface area contributed by atoms with Crippen molar-refractivity contribution < 1.29 is 18.8 Å². The molecule has 0 saturated carbocycles. The first-order valence-electron chi connectivity index (χ1n) is 7.62. The maximum atomic E-state index is 9.06. The molecule has 6 nitrogen and oxygen atoms in total. The van der Waals surface area contributed by atoms with Crippen molar-refractivity contribution in [1.82, 2.24) is 10.5 Å². The van der Waals surface area contributed by atoms with Gasteiger partial charge in [0.05, 0.1) is 31.0 Å². The summed E-state index contributed by atoms with van der Waals surface area (Å²) in [5.74, 6) is 1.38. The van der Waals surface area contributed by atoms with Gasteiger partial charge >= 0.3 is 0 Å². The Labute approximate surface area is 133 Å². The summed E-state index contributed by atoms with van der Waals surface area (Å²) < 4.78 is 16.3. The Kier molecular flexibility index (Phi) is 3.65. The van der Waals surface area contributed by atoms with Gasteiger partial charge in [-0.1, -0.05) is 23.4 Å². The number of aliphatic hydroxyl groups excluding tert-OH is 1. The molecule has 1 saturated heterocycles. The first kappa shape index (κ1) is 14.4. The molecule has 1 fully saturated rings. The van der Waals surface area contributed by atoms with Gasteiger partial charge in [-0.25, -0.2) is 0 Å². The lowest BCUT2D eigenvalue weighted by atomic mass is 9.91. The number of ether oxygens (including phenoxy) is 1. The molecule has 0 atom stereocenters. The monoisotopic (exact) mass is 314 g/mol. The van der Waals surface area contributed by atoms with Crippen LogP contribution in [0.5, 0.6) is 0 Å².